The highest BCUT2D eigenvalue weighted by atomic mass is 16.5. The van der Waals surface area contributed by atoms with Crippen LogP contribution in [0.1, 0.15) is 10.4 Å². The zero-order chi connectivity index (χ0) is 19.8. The summed E-state index contributed by atoms with van der Waals surface area (Å²) in [7, 11) is 1.59. The number of nitrogens with zero attached hydrogens (tertiary/aromatic N) is 4. The van der Waals surface area contributed by atoms with Gasteiger partial charge >= 0.3 is 0 Å². The van der Waals surface area contributed by atoms with E-state index < -0.39 is 0 Å². The third kappa shape index (κ3) is 2.96. The van der Waals surface area contributed by atoms with Crippen LogP contribution >= 0.6 is 0 Å². The normalized spacial score (nSPS) is 11.1. The average Bonchev–Trinajstić information content (AvgIpc) is 3.37. The highest BCUT2D eigenvalue weighted by Gasteiger charge is 2.15. The van der Waals surface area contributed by atoms with Gasteiger partial charge < -0.3 is 15.0 Å². The summed E-state index contributed by atoms with van der Waals surface area (Å²) in [6.45, 7) is 0. The van der Waals surface area contributed by atoms with Crippen molar-refractivity contribution in [2.24, 2.45) is 0 Å². The topological polar surface area (TPSA) is 97.2 Å². The molecular formula is C21H16N6O2. The molecule has 0 atom stereocenters. The molecule has 8 heteroatoms. The van der Waals surface area contributed by atoms with Crippen LogP contribution in [0.3, 0.4) is 0 Å². The lowest BCUT2D eigenvalue weighted by Crippen LogP contribution is -2.11. The first-order valence-corrected chi connectivity index (χ1v) is 8.94. The summed E-state index contributed by atoms with van der Waals surface area (Å²) < 4.78 is 6.86. The maximum absolute atomic E-state index is 12.7. The molecule has 0 aliphatic heterocycles. The summed E-state index contributed by atoms with van der Waals surface area (Å²) in [5, 5.41) is 8.11. The van der Waals surface area contributed by atoms with Gasteiger partial charge in [-0.05, 0) is 35.9 Å². The van der Waals surface area contributed by atoms with Crippen LogP contribution in [0.5, 0.6) is 5.88 Å². The van der Waals surface area contributed by atoms with Crippen LogP contribution in [0.4, 0.5) is 5.69 Å². The lowest BCUT2D eigenvalue weighted by molar-refractivity contribution is 0.102. The number of carbonyl (C=O) groups is 1. The van der Waals surface area contributed by atoms with E-state index in [-0.39, 0.29) is 5.91 Å². The van der Waals surface area contributed by atoms with Crippen molar-refractivity contribution >= 4 is 28.1 Å². The third-order valence-corrected chi connectivity index (χ3v) is 4.72. The Balaban J connectivity index is 1.55. The Hall–Kier alpha value is -4.20. The summed E-state index contributed by atoms with van der Waals surface area (Å²) in [5.41, 5.74) is 4.49. The Morgan fingerprint density at radius 1 is 1.21 bits per heavy atom. The van der Waals surface area contributed by atoms with Gasteiger partial charge in [-0.25, -0.2) is 4.52 Å². The van der Waals surface area contributed by atoms with Gasteiger partial charge in [0.2, 0.25) is 5.88 Å². The lowest BCUT2D eigenvalue weighted by Gasteiger charge is -2.05. The van der Waals surface area contributed by atoms with E-state index in [0.29, 0.717) is 22.6 Å². The van der Waals surface area contributed by atoms with Crippen molar-refractivity contribution in [3.63, 3.8) is 0 Å². The molecule has 0 saturated heterocycles. The molecule has 0 aromatic carbocycles. The van der Waals surface area contributed by atoms with Crippen LogP contribution in [0, 0.1) is 0 Å². The molecule has 5 aromatic rings. The molecule has 0 radical (unpaired) electrons. The first-order valence-electron chi connectivity index (χ1n) is 8.94. The van der Waals surface area contributed by atoms with E-state index in [4.69, 9.17) is 4.74 Å². The lowest BCUT2D eigenvalue weighted by atomic mass is 10.1. The summed E-state index contributed by atoms with van der Waals surface area (Å²) in [6.07, 6.45) is 8.55. The minimum Gasteiger partial charge on any atom is -0.481 e. The van der Waals surface area contributed by atoms with Crippen LogP contribution in [0.15, 0.2) is 67.4 Å². The molecular weight excluding hydrogens is 368 g/mol. The van der Waals surface area contributed by atoms with Crippen LogP contribution in [0.2, 0.25) is 0 Å². The Morgan fingerprint density at radius 2 is 2.14 bits per heavy atom. The number of aromatic amines is 1. The molecule has 0 aliphatic rings. The first kappa shape index (κ1) is 16.9. The summed E-state index contributed by atoms with van der Waals surface area (Å²) in [4.78, 5) is 24.4. The number of hydrogen-bond acceptors (Lipinski definition) is 5. The van der Waals surface area contributed by atoms with Gasteiger partial charge in [0.15, 0.2) is 0 Å². The molecule has 5 heterocycles. The van der Waals surface area contributed by atoms with E-state index in [0.717, 1.165) is 22.2 Å². The van der Waals surface area contributed by atoms with Crippen LogP contribution < -0.4 is 10.1 Å². The number of carbonyl (C=O) groups excluding carboxylic acids is 1. The number of rotatable bonds is 4. The van der Waals surface area contributed by atoms with E-state index >= 15 is 0 Å². The van der Waals surface area contributed by atoms with Crippen molar-refractivity contribution in [2.45, 2.75) is 0 Å². The van der Waals surface area contributed by atoms with Crippen molar-refractivity contribution in [3.8, 4) is 17.0 Å². The van der Waals surface area contributed by atoms with E-state index in [1.807, 2.05) is 36.7 Å². The van der Waals surface area contributed by atoms with Gasteiger partial charge in [-0.3, -0.25) is 9.78 Å². The molecule has 0 unspecified atom stereocenters. The quantitative estimate of drug-likeness (QED) is 0.494. The van der Waals surface area contributed by atoms with Gasteiger partial charge in [0.05, 0.1) is 36.3 Å². The fourth-order valence-electron chi connectivity index (χ4n) is 3.30. The molecule has 2 N–H and O–H groups in total. The monoisotopic (exact) mass is 384 g/mol. The van der Waals surface area contributed by atoms with Crippen LogP contribution in [-0.4, -0.2) is 37.6 Å². The maximum Gasteiger partial charge on any atom is 0.259 e. The molecule has 29 heavy (non-hydrogen) atoms. The van der Waals surface area contributed by atoms with Gasteiger partial charge in [0.25, 0.3) is 5.91 Å². The number of pyridine rings is 3. The zero-order valence-corrected chi connectivity index (χ0v) is 15.5. The number of methoxy groups -OCH3 is 1. The highest BCUT2D eigenvalue weighted by molar-refractivity contribution is 6.09. The summed E-state index contributed by atoms with van der Waals surface area (Å²) in [5.74, 6) is 0.307. The molecule has 5 rings (SSSR count). The Labute approximate surface area is 165 Å². The SMILES string of the molecule is COc1ccc2c(-c3ccn4ncc(C(=O)Nc5cccnc5)c4c3)c[nH]c2n1. The number of H-pyrrole nitrogens is 1. The minimum absolute atomic E-state index is 0.240. The van der Waals surface area contributed by atoms with Gasteiger partial charge in [0, 0.05) is 35.6 Å². The standard InChI is InChI=1S/C21H16N6O2/c1-29-19-5-4-15-16(11-23-20(15)26-19)13-6-8-27-18(9-13)17(12-24-27)21(28)25-14-3-2-7-22-10-14/h2-12H,1H3,(H,23,26)(H,25,28). The Bertz CT molecular complexity index is 1340. The van der Waals surface area contributed by atoms with Crippen LogP contribution in [0.25, 0.3) is 27.7 Å². The van der Waals surface area contributed by atoms with E-state index in [9.17, 15) is 4.79 Å². The van der Waals surface area contributed by atoms with Gasteiger partial charge in [-0.2, -0.15) is 10.1 Å². The van der Waals surface area contributed by atoms with Crippen molar-refractivity contribution in [3.05, 3.63) is 72.9 Å². The van der Waals surface area contributed by atoms with E-state index in [1.54, 1.807) is 42.3 Å². The smallest absolute Gasteiger partial charge is 0.259 e. The predicted molar refractivity (Wildman–Crippen MR) is 109 cm³/mol. The van der Waals surface area contributed by atoms with Crippen molar-refractivity contribution in [2.75, 3.05) is 12.4 Å². The summed E-state index contributed by atoms with van der Waals surface area (Å²) in [6, 6.07) is 11.2. The van der Waals surface area contributed by atoms with Crippen molar-refractivity contribution < 1.29 is 9.53 Å². The Kier molecular flexibility index (Phi) is 3.94. The second-order valence-electron chi connectivity index (χ2n) is 6.45. The molecule has 0 spiro atoms. The van der Waals surface area contributed by atoms with Crippen molar-refractivity contribution in [1.29, 1.82) is 0 Å². The number of nitrogens with one attached hydrogen (secondary N) is 2. The largest absolute Gasteiger partial charge is 0.481 e. The van der Waals surface area contributed by atoms with Crippen molar-refractivity contribution in [1.82, 2.24) is 24.6 Å². The third-order valence-electron chi connectivity index (χ3n) is 4.72. The molecule has 142 valence electrons. The van der Waals surface area contributed by atoms with Crippen LogP contribution in [-0.2, 0) is 0 Å². The Morgan fingerprint density at radius 3 is 2.97 bits per heavy atom. The molecule has 0 saturated carbocycles. The molecule has 0 bridgehead atoms. The molecule has 0 aliphatic carbocycles. The fourth-order valence-corrected chi connectivity index (χ4v) is 3.30. The molecule has 0 fully saturated rings. The van der Waals surface area contributed by atoms with Gasteiger partial charge in [-0.1, -0.05) is 0 Å². The van der Waals surface area contributed by atoms with Gasteiger partial charge in [-0.15, -0.1) is 0 Å². The highest BCUT2D eigenvalue weighted by Crippen LogP contribution is 2.30. The minimum atomic E-state index is -0.240. The summed E-state index contributed by atoms with van der Waals surface area (Å²) >= 11 is 0. The first-order chi connectivity index (χ1) is 14.2. The second-order valence-corrected chi connectivity index (χ2v) is 6.45. The zero-order valence-electron chi connectivity index (χ0n) is 15.5. The molecule has 8 nitrogen and oxygen atoms in total. The number of fused-ring (bicyclic) bond motifs is 2. The molecule has 1 amide bonds. The molecule has 5 aromatic heterocycles. The number of hydrogen-bond donors (Lipinski definition) is 2. The van der Waals surface area contributed by atoms with Gasteiger partial charge in [0.1, 0.15) is 5.65 Å². The average molecular weight is 384 g/mol. The van der Waals surface area contributed by atoms with E-state index in [1.165, 1.54) is 0 Å². The maximum atomic E-state index is 12.7. The number of aromatic nitrogens is 5. The fraction of sp³-hybridized carbons (Fsp3) is 0.0476. The predicted octanol–water partition coefficient (Wildman–Crippen LogP) is 3.53. The number of amides is 1. The number of ether oxygens (including phenoxy) is 1. The second kappa shape index (κ2) is 6.75. The number of anilines is 1. The van der Waals surface area contributed by atoms with E-state index in [2.05, 4.69) is 25.4 Å².